The number of nitrogens with zero attached hydrogens (tertiary/aromatic N) is 2. The summed E-state index contributed by atoms with van der Waals surface area (Å²) in [5.41, 5.74) is 2.86. The summed E-state index contributed by atoms with van der Waals surface area (Å²) in [7, 11) is 3.89. The minimum Gasteiger partial charge on any atom is -0.370 e. The second-order valence-corrected chi connectivity index (χ2v) is 7.78. The molecule has 1 heterocycles. The normalized spacial score (nSPS) is 15.7. The van der Waals surface area contributed by atoms with Crippen LogP contribution in [0.2, 0.25) is 0 Å². The van der Waals surface area contributed by atoms with Gasteiger partial charge in [0.05, 0.1) is 17.4 Å². The Balaban J connectivity index is 1.63. The Hall–Kier alpha value is -2.60. The van der Waals surface area contributed by atoms with Crippen molar-refractivity contribution < 1.29 is 9.18 Å². The molecule has 6 heteroatoms. The lowest BCUT2D eigenvalue weighted by atomic mass is 10.1. The van der Waals surface area contributed by atoms with Gasteiger partial charge in [-0.15, -0.1) is 0 Å². The lowest BCUT2D eigenvalue weighted by Crippen LogP contribution is -2.37. The van der Waals surface area contributed by atoms with Gasteiger partial charge in [0.1, 0.15) is 5.82 Å². The largest absolute Gasteiger partial charge is 0.370 e. The van der Waals surface area contributed by atoms with E-state index in [9.17, 15) is 9.18 Å². The van der Waals surface area contributed by atoms with E-state index in [0.29, 0.717) is 6.54 Å². The van der Waals surface area contributed by atoms with Crippen LogP contribution in [-0.4, -0.2) is 44.7 Å². The molecule has 1 atom stereocenters. The zero-order chi connectivity index (χ0) is 20.6. The Labute approximate surface area is 172 Å². The van der Waals surface area contributed by atoms with Crippen LogP contribution in [0, 0.1) is 5.82 Å². The average molecular weight is 399 g/mol. The predicted octanol–water partition coefficient (Wildman–Crippen LogP) is 4.63. The van der Waals surface area contributed by atoms with Crippen LogP contribution in [0.25, 0.3) is 0 Å². The number of likely N-dealkylation sites (N-methyl/N-ethyl adjacent to an activating group) is 1. The first-order valence-corrected chi connectivity index (χ1v) is 10.4. The number of halogens is 1. The van der Waals surface area contributed by atoms with Crippen molar-refractivity contribution in [3.8, 4) is 0 Å². The molecule has 156 valence electrons. The first-order chi connectivity index (χ1) is 14.0. The van der Waals surface area contributed by atoms with E-state index in [1.54, 1.807) is 12.1 Å². The van der Waals surface area contributed by atoms with Crippen LogP contribution in [0.1, 0.15) is 37.3 Å². The Kier molecular flexibility index (Phi) is 7.47. The number of carbonyl (C=O) groups is 1. The molecular formula is C23H31FN4O. The van der Waals surface area contributed by atoms with Gasteiger partial charge in [-0.25, -0.2) is 9.18 Å². The zero-order valence-corrected chi connectivity index (χ0v) is 17.3. The van der Waals surface area contributed by atoms with Crippen molar-refractivity contribution in [3.63, 3.8) is 0 Å². The molecule has 0 aromatic heterocycles. The third kappa shape index (κ3) is 5.94. The number of benzene rings is 2. The van der Waals surface area contributed by atoms with Crippen molar-refractivity contribution in [3.05, 3.63) is 59.9 Å². The number of urea groups is 1. The maximum Gasteiger partial charge on any atom is 0.319 e. The summed E-state index contributed by atoms with van der Waals surface area (Å²) in [6.07, 6.45) is 4.90. The molecule has 0 bridgehead atoms. The highest BCUT2D eigenvalue weighted by atomic mass is 19.1. The van der Waals surface area contributed by atoms with E-state index in [1.807, 2.05) is 37.2 Å². The SMILES string of the molecule is CN(C)C(CNC(=O)Nc1ccccc1N1CCCCCC1)c1ccc(F)cc1. The molecule has 2 aromatic carbocycles. The lowest BCUT2D eigenvalue weighted by molar-refractivity contribution is 0.243. The molecule has 1 unspecified atom stereocenters. The van der Waals surface area contributed by atoms with Crippen molar-refractivity contribution in [2.24, 2.45) is 0 Å². The average Bonchev–Trinajstić information content (AvgIpc) is 2.99. The first kappa shape index (κ1) is 21.1. The highest BCUT2D eigenvalue weighted by Gasteiger charge is 2.17. The van der Waals surface area contributed by atoms with E-state index >= 15 is 0 Å². The Bertz CT molecular complexity index is 786. The molecule has 1 fully saturated rings. The van der Waals surface area contributed by atoms with Gasteiger partial charge in [0.15, 0.2) is 0 Å². The molecular weight excluding hydrogens is 367 g/mol. The number of hydrogen-bond donors (Lipinski definition) is 2. The number of nitrogens with one attached hydrogen (secondary N) is 2. The number of hydrogen-bond acceptors (Lipinski definition) is 3. The molecule has 2 N–H and O–H groups in total. The molecule has 1 aliphatic heterocycles. The highest BCUT2D eigenvalue weighted by Crippen LogP contribution is 2.28. The van der Waals surface area contributed by atoms with Crippen LogP contribution in [0.4, 0.5) is 20.6 Å². The fraction of sp³-hybridized carbons (Fsp3) is 0.435. The Morgan fingerprint density at radius 2 is 1.69 bits per heavy atom. The summed E-state index contributed by atoms with van der Waals surface area (Å²) in [5, 5.41) is 5.98. The van der Waals surface area contributed by atoms with E-state index in [2.05, 4.69) is 21.6 Å². The molecule has 3 rings (SSSR count). The summed E-state index contributed by atoms with van der Waals surface area (Å²) in [6.45, 7) is 2.47. The second kappa shape index (κ2) is 10.3. The summed E-state index contributed by atoms with van der Waals surface area (Å²) in [6, 6.07) is 14.1. The molecule has 0 aliphatic carbocycles. The van der Waals surface area contributed by atoms with E-state index in [-0.39, 0.29) is 17.9 Å². The maximum absolute atomic E-state index is 13.2. The topological polar surface area (TPSA) is 47.6 Å². The van der Waals surface area contributed by atoms with Gasteiger partial charge in [-0.1, -0.05) is 37.1 Å². The van der Waals surface area contributed by atoms with Gasteiger partial charge in [0.2, 0.25) is 0 Å². The standard InChI is InChI=1S/C23H31FN4O/c1-27(2)22(18-11-13-19(24)14-12-18)17-25-23(29)26-20-9-5-6-10-21(20)28-15-7-3-4-8-16-28/h5-6,9-14,22H,3-4,7-8,15-17H2,1-2H3,(H2,25,26,29). The molecule has 0 spiro atoms. The van der Waals surface area contributed by atoms with Crippen LogP contribution in [0.5, 0.6) is 0 Å². The van der Waals surface area contributed by atoms with Crippen molar-refractivity contribution in [2.75, 3.05) is 43.9 Å². The minimum atomic E-state index is -0.262. The van der Waals surface area contributed by atoms with E-state index in [4.69, 9.17) is 0 Å². The third-order valence-electron chi connectivity index (χ3n) is 5.43. The fourth-order valence-electron chi connectivity index (χ4n) is 3.81. The molecule has 0 saturated carbocycles. The maximum atomic E-state index is 13.2. The minimum absolute atomic E-state index is 0.0396. The smallest absolute Gasteiger partial charge is 0.319 e. The van der Waals surface area contributed by atoms with Gasteiger partial charge in [-0.2, -0.15) is 0 Å². The van der Waals surface area contributed by atoms with Crippen LogP contribution in [0.15, 0.2) is 48.5 Å². The molecule has 2 amide bonds. The van der Waals surface area contributed by atoms with E-state index in [0.717, 1.165) is 30.0 Å². The van der Waals surface area contributed by atoms with Crippen LogP contribution in [0.3, 0.4) is 0 Å². The quantitative estimate of drug-likeness (QED) is 0.746. The van der Waals surface area contributed by atoms with Crippen LogP contribution in [-0.2, 0) is 0 Å². The monoisotopic (exact) mass is 398 g/mol. The lowest BCUT2D eigenvalue weighted by Gasteiger charge is -2.27. The first-order valence-electron chi connectivity index (χ1n) is 10.4. The number of anilines is 2. The van der Waals surface area contributed by atoms with Crippen LogP contribution < -0.4 is 15.5 Å². The van der Waals surface area contributed by atoms with Crippen LogP contribution >= 0.6 is 0 Å². The Morgan fingerprint density at radius 3 is 2.34 bits per heavy atom. The molecule has 2 aromatic rings. The van der Waals surface area contributed by atoms with E-state index < -0.39 is 0 Å². The van der Waals surface area contributed by atoms with Gasteiger partial charge in [-0.3, -0.25) is 0 Å². The second-order valence-electron chi connectivity index (χ2n) is 7.78. The number of para-hydroxylation sites is 2. The van der Waals surface area contributed by atoms with Crippen molar-refractivity contribution in [1.29, 1.82) is 0 Å². The molecule has 0 radical (unpaired) electrons. The molecule has 5 nitrogen and oxygen atoms in total. The van der Waals surface area contributed by atoms with Gasteiger partial charge < -0.3 is 20.4 Å². The summed E-state index contributed by atoms with van der Waals surface area (Å²) in [5.74, 6) is -0.262. The Morgan fingerprint density at radius 1 is 1.03 bits per heavy atom. The van der Waals surface area contributed by atoms with Gasteiger partial charge >= 0.3 is 6.03 Å². The highest BCUT2D eigenvalue weighted by molar-refractivity contribution is 5.93. The molecule has 29 heavy (non-hydrogen) atoms. The number of amides is 2. The van der Waals surface area contributed by atoms with Crippen molar-refractivity contribution in [2.45, 2.75) is 31.7 Å². The predicted molar refractivity (Wildman–Crippen MR) is 117 cm³/mol. The zero-order valence-electron chi connectivity index (χ0n) is 17.3. The van der Waals surface area contributed by atoms with Crippen molar-refractivity contribution in [1.82, 2.24) is 10.2 Å². The van der Waals surface area contributed by atoms with Gasteiger partial charge in [-0.05, 0) is 56.8 Å². The summed E-state index contributed by atoms with van der Waals surface area (Å²) >= 11 is 0. The third-order valence-corrected chi connectivity index (χ3v) is 5.43. The van der Waals surface area contributed by atoms with Gasteiger partial charge in [0.25, 0.3) is 0 Å². The summed E-state index contributed by atoms with van der Waals surface area (Å²) in [4.78, 5) is 17.0. The van der Waals surface area contributed by atoms with Gasteiger partial charge in [0, 0.05) is 19.6 Å². The fourth-order valence-corrected chi connectivity index (χ4v) is 3.81. The number of carbonyl (C=O) groups excluding carboxylic acids is 1. The van der Waals surface area contributed by atoms with Crippen molar-refractivity contribution >= 4 is 17.4 Å². The molecule has 1 aliphatic rings. The van der Waals surface area contributed by atoms with E-state index in [1.165, 1.54) is 37.8 Å². The number of rotatable bonds is 6. The molecule has 1 saturated heterocycles. The summed E-state index contributed by atoms with van der Waals surface area (Å²) < 4.78 is 13.2.